The van der Waals surface area contributed by atoms with Crippen LogP contribution in [-0.2, 0) is 4.74 Å². The van der Waals surface area contributed by atoms with Gasteiger partial charge in [0.15, 0.2) is 6.23 Å². The average molecular weight is 176 g/mol. The van der Waals surface area contributed by atoms with Gasteiger partial charge in [-0.25, -0.2) is 0 Å². The highest BCUT2D eigenvalue weighted by atomic mass is 79.9. The second-order valence-electron chi connectivity index (χ2n) is 1.46. The van der Waals surface area contributed by atoms with Gasteiger partial charge in [-0.1, -0.05) is 0 Å². The molecule has 1 aliphatic rings. The van der Waals surface area contributed by atoms with E-state index in [2.05, 4.69) is 15.9 Å². The third-order valence-electron chi connectivity index (χ3n) is 0.783. The SMILES string of the molecule is NC1C=CC(Br)=CO1. The van der Waals surface area contributed by atoms with Gasteiger partial charge in [0.25, 0.3) is 0 Å². The predicted molar refractivity (Wildman–Crippen MR) is 35.2 cm³/mol. The maximum Gasteiger partial charge on any atom is 0.166 e. The molecular formula is C5H6BrNO. The predicted octanol–water partition coefficient (Wildman–Crippen LogP) is 1.09. The Hall–Kier alpha value is -0.280. The Bertz CT molecular complexity index is 141. The van der Waals surface area contributed by atoms with Crippen LogP contribution in [-0.4, -0.2) is 6.23 Å². The van der Waals surface area contributed by atoms with Crippen molar-refractivity contribution in [3.05, 3.63) is 22.9 Å². The van der Waals surface area contributed by atoms with Crippen molar-refractivity contribution in [3.8, 4) is 0 Å². The van der Waals surface area contributed by atoms with E-state index in [4.69, 9.17) is 10.5 Å². The first kappa shape index (κ1) is 5.85. The summed E-state index contributed by atoms with van der Waals surface area (Å²) in [6, 6.07) is 0. The van der Waals surface area contributed by atoms with Crippen molar-refractivity contribution >= 4 is 15.9 Å². The second kappa shape index (κ2) is 2.33. The van der Waals surface area contributed by atoms with Gasteiger partial charge in [0, 0.05) is 0 Å². The molecule has 0 saturated carbocycles. The summed E-state index contributed by atoms with van der Waals surface area (Å²) in [4.78, 5) is 0. The molecular weight excluding hydrogens is 170 g/mol. The molecule has 0 fully saturated rings. The van der Waals surface area contributed by atoms with Gasteiger partial charge in [0.2, 0.25) is 0 Å². The lowest BCUT2D eigenvalue weighted by molar-refractivity contribution is 0.189. The first-order chi connectivity index (χ1) is 3.79. The Balaban J connectivity index is 2.58. The van der Waals surface area contributed by atoms with Crippen LogP contribution in [0.5, 0.6) is 0 Å². The van der Waals surface area contributed by atoms with Crippen molar-refractivity contribution in [3.63, 3.8) is 0 Å². The highest BCUT2D eigenvalue weighted by Gasteiger charge is 1.99. The van der Waals surface area contributed by atoms with Crippen LogP contribution < -0.4 is 5.73 Å². The minimum atomic E-state index is -0.267. The molecule has 2 N–H and O–H groups in total. The third-order valence-corrected chi connectivity index (χ3v) is 1.23. The van der Waals surface area contributed by atoms with E-state index in [-0.39, 0.29) is 6.23 Å². The Morgan fingerprint density at radius 1 is 1.75 bits per heavy atom. The van der Waals surface area contributed by atoms with E-state index in [0.29, 0.717) is 0 Å². The largest absolute Gasteiger partial charge is 0.478 e. The summed E-state index contributed by atoms with van der Waals surface area (Å²) in [5.41, 5.74) is 5.32. The Labute approximate surface area is 56.1 Å². The molecule has 1 aliphatic heterocycles. The van der Waals surface area contributed by atoms with Crippen molar-refractivity contribution in [1.29, 1.82) is 0 Å². The lowest BCUT2D eigenvalue weighted by atomic mass is 10.4. The summed E-state index contributed by atoms with van der Waals surface area (Å²) in [5, 5.41) is 0. The molecule has 0 radical (unpaired) electrons. The normalized spacial score (nSPS) is 26.8. The summed E-state index contributed by atoms with van der Waals surface area (Å²) < 4.78 is 5.79. The van der Waals surface area contributed by atoms with Crippen molar-refractivity contribution in [1.82, 2.24) is 0 Å². The van der Waals surface area contributed by atoms with E-state index >= 15 is 0 Å². The molecule has 1 rings (SSSR count). The molecule has 0 amide bonds. The van der Waals surface area contributed by atoms with Crippen LogP contribution in [0.15, 0.2) is 22.9 Å². The molecule has 0 spiro atoms. The van der Waals surface area contributed by atoms with E-state index in [0.717, 1.165) is 4.48 Å². The molecule has 1 unspecified atom stereocenters. The molecule has 0 aromatic rings. The molecule has 0 aliphatic carbocycles. The topological polar surface area (TPSA) is 35.2 Å². The fraction of sp³-hybridized carbons (Fsp3) is 0.200. The number of halogens is 1. The minimum absolute atomic E-state index is 0.267. The molecule has 0 aromatic carbocycles. The van der Waals surface area contributed by atoms with Crippen LogP contribution in [0.1, 0.15) is 0 Å². The maximum absolute atomic E-state index is 5.32. The van der Waals surface area contributed by atoms with E-state index in [1.165, 1.54) is 0 Å². The van der Waals surface area contributed by atoms with E-state index in [1.54, 1.807) is 12.3 Å². The van der Waals surface area contributed by atoms with Crippen LogP contribution in [0.3, 0.4) is 0 Å². The van der Waals surface area contributed by atoms with Gasteiger partial charge in [-0.3, -0.25) is 5.73 Å². The monoisotopic (exact) mass is 175 g/mol. The lowest BCUT2D eigenvalue weighted by Crippen LogP contribution is -2.19. The third kappa shape index (κ3) is 1.35. The second-order valence-corrected chi connectivity index (χ2v) is 2.38. The summed E-state index contributed by atoms with van der Waals surface area (Å²) >= 11 is 3.21. The van der Waals surface area contributed by atoms with E-state index in [9.17, 15) is 0 Å². The molecule has 1 heterocycles. The van der Waals surface area contributed by atoms with Gasteiger partial charge in [-0.15, -0.1) is 0 Å². The summed E-state index contributed by atoms with van der Waals surface area (Å²) in [7, 11) is 0. The molecule has 3 heteroatoms. The standard InChI is InChI=1S/C5H6BrNO/c6-4-1-2-5(7)8-3-4/h1-3,5H,7H2. The van der Waals surface area contributed by atoms with Crippen LogP contribution in [0.4, 0.5) is 0 Å². The van der Waals surface area contributed by atoms with Gasteiger partial charge in [0.1, 0.15) is 0 Å². The molecule has 8 heavy (non-hydrogen) atoms. The lowest BCUT2D eigenvalue weighted by Gasteiger charge is -2.09. The zero-order valence-corrected chi connectivity index (χ0v) is 5.76. The first-order valence-corrected chi connectivity index (χ1v) is 3.03. The highest BCUT2D eigenvalue weighted by Crippen LogP contribution is 2.11. The van der Waals surface area contributed by atoms with Crippen LogP contribution in [0.25, 0.3) is 0 Å². The summed E-state index contributed by atoms with van der Waals surface area (Å²) in [5.74, 6) is 0. The van der Waals surface area contributed by atoms with Crippen molar-refractivity contribution in [2.45, 2.75) is 6.23 Å². The number of hydrogen-bond donors (Lipinski definition) is 1. The molecule has 0 saturated heterocycles. The van der Waals surface area contributed by atoms with Gasteiger partial charge in [-0.05, 0) is 28.1 Å². The zero-order chi connectivity index (χ0) is 5.98. The summed E-state index contributed by atoms with van der Waals surface area (Å²) in [6.45, 7) is 0. The molecule has 0 aromatic heterocycles. The number of rotatable bonds is 0. The van der Waals surface area contributed by atoms with E-state index in [1.807, 2.05) is 6.08 Å². The van der Waals surface area contributed by atoms with Gasteiger partial charge >= 0.3 is 0 Å². The first-order valence-electron chi connectivity index (χ1n) is 2.24. The van der Waals surface area contributed by atoms with Gasteiger partial charge in [-0.2, -0.15) is 0 Å². The maximum atomic E-state index is 5.32. The summed E-state index contributed by atoms with van der Waals surface area (Å²) in [6.07, 6.45) is 4.93. The minimum Gasteiger partial charge on any atom is -0.478 e. The van der Waals surface area contributed by atoms with Crippen LogP contribution in [0, 0.1) is 0 Å². The smallest absolute Gasteiger partial charge is 0.166 e. The molecule has 0 bridgehead atoms. The number of hydrogen-bond acceptors (Lipinski definition) is 2. The Kier molecular flexibility index (Phi) is 1.70. The fourth-order valence-electron chi connectivity index (χ4n) is 0.415. The molecule has 2 nitrogen and oxygen atoms in total. The van der Waals surface area contributed by atoms with E-state index < -0.39 is 0 Å². The van der Waals surface area contributed by atoms with Crippen LogP contribution >= 0.6 is 15.9 Å². The van der Waals surface area contributed by atoms with Crippen molar-refractivity contribution in [2.75, 3.05) is 0 Å². The highest BCUT2D eigenvalue weighted by molar-refractivity contribution is 9.11. The number of nitrogens with two attached hydrogens (primary N) is 1. The Morgan fingerprint density at radius 3 is 2.88 bits per heavy atom. The van der Waals surface area contributed by atoms with Crippen molar-refractivity contribution in [2.24, 2.45) is 5.73 Å². The van der Waals surface area contributed by atoms with Crippen LogP contribution in [0.2, 0.25) is 0 Å². The van der Waals surface area contributed by atoms with Gasteiger partial charge in [0.05, 0.1) is 10.7 Å². The Morgan fingerprint density at radius 2 is 2.50 bits per heavy atom. The quantitative estimate of drug-likeness (QED) is 0.599. The number of allylic oxidation sites excluding steroid dienone is 2. The molecule has 1 atom stereocenters. The van der Waals surface area contributed by atoms with Gasteiger partial charge < -0.3 is 4.74 Å². The average Bonchev–Trinajstić information content (AvgIpc) is 1.77. The molecule has 44 valence electrons. The number of ether oxygens (including phenoxy) is 1. The van der Waals surface area contributed by atoms with Crippen molar-refractivity contribution < 1.29 is 4.74 Å². The fourth-order valence-corrected chi connectivity index (χ4v) is 0.676. The zero-order valence-electron chi connectivity index (χ0n) is 4.17.